The Morgan fingerprint density at radius 2 is 1.79 bits per heavy atom. The maximum absolute atomic E-state index is 6.26. The molecule has 0 aromatic carbocycles. The molecular formula is C17H34N2. The summed E-state index contributed by atoms with van der Waals surface area (Å²) in [6.45, 7) is 13.0. The molecule has 2 nitrogen and oxygen atoms in total. The molecule has 0 bridgehead atoms. The molecule has 1 heterocycles. The number of likely N-dealkylation sites (tertiary alicyclic amines) is 1. The van der Waals surface area contributed by atoms with Crippen molar-refractivity contribution in [3.63, 3.8) is 0 Å². The normalized spacial score (nSPS) is 36.6. The van der Waals surface area contributed by atoms with Crippen LogP contribution in [0.4, 0.5) is 0 Å². The van der Waals surface area contributed by atoms with Crippen molar-refractivity contribution in [2.24, 2.45) is 23.0 Å². The highest BCUT2D eigenvalue weighted by Crippen LogP contribution is 2.42. The summed E-state index contributed by atoms with van der Waals surface area (Å²) in [5, 5.41) is 0. The second kappa shape index (κ2) is 5.73. The van der Waals surface area contributed by atoms with Crippen LogP contribution in [0.2, 0.25) is 0 Å². The molecule has 0 aromatic rings. The van der Waals surface area contributed by atoms with E-state index in [1.807, 2.05) is 0 Å². The molecule has 2 aliphatic rings. The van der Waals surface area contributed by atoms with Gasteiger partial charge in [0.1, 0.15) is 0 Å². The van der Waals surface area contributed by atoms with E-state index in [1.54, 1.807) is 0 Å². The van der Waals surface area contributed by atoms with Gasteiger partial charge >= 0.3 is 0 Å². The van der Waals surface area contributed by atoms with Gasteiger partial charge in [-0.1, -0.05) is 40.5 Å². The number of rotatable bonds is 3. The van der Waals surface area contributed by atoms with E-state index < -0.39 is 0 Å². The fraction of sp³-hybridized carbons (Fsp3) is 1.00. The summed E-state index contributed by atoms with van der Waals surface area (Å²) in [6.07, 6.45) is 8.12. The first-order chi connectivity index (χ1) is 8.88. The largest absolute Gasteiger partial charge is 0.329 e. The summed E-state index contributed by atoms with van der Waals surface area (Å²) in [7, 11) is 0. The third kappa shape index (κ3) is 3.33. The van der Waals surface area contributed by atoms with Gasteiger partial charge in [0.2, 0.25) is 0 Å². The average molecular weight is 266 g/mol. The first-order valence-corrected chi connectivity index (χ1v) is 8.34. The summed E-state index contributed by atoms with van der Waals surface area (Å²) < 4.78 is 0. The van der Waals surface area contributed by atoms with E-state index in [9.17, 15) is 0 Å². The van der Waals surface area contributed by atoms with E-state index in [4.69, 9.17) is 5.73 Å². The van der Waals surface area contributed by atoms with Gasteiger partial charge in [0.25, 0.3) is 0 Å². The Hall–Kier alpha value is -0.0800. The van der Waals surface area contributed by atoms with Crippen molar-refractivity contribution in [1.82, 2.24) is 4.90 Å². The van der Waals surface area contributed by atoms with Gasteiger partial charge in [-0.25, -0.2) is 0 Å². The van der Waals surface area contributed by atoms with Gasteiger partial charge in [-0.05, 0) is 56.0 Å². The minimum absolute atomic E-state index is 0.323. The zero-order valence-corrected chi connectivity index (χ0v) is 13.5. The number of nitrogens with zero attached hydrogens (tertiary/aromatic N) is 1. The summed E-state index contributed by atoms with van der Waals surface area (Å²) >= 11 is 0. The summed E-state index contributed by atoms with van der Waals surface area (Å²) in [5.74, 6) is 1.69. The van der Waals surface area contributed by atoms with Crippen LogP contribution in [0, 0.1) is 17.3 Å². The predicted octanol–water partition coefficient (Wildman–Crippen LogP) is 3.65. The molecule has 1 saturated heterocycles. The lowest BCUT2D eigenvalue weighted by atomic mass is 9.69. The number of piperidine rings is 1. The molecule has 2 fully saturated rings. The molecular weight excluding hydrogens is 232 g/mol. The quantitative estimate of drug-likeness (QED) is 0.845. The smallest absolute Gasteiger partial charge is 0.0334 e. The molecule has 2 unspecified atom stereocenters. The number of nitrogens with two attached hydrogens (primary N) is 1. The van der Waals surface area contributed by atoms with E-state index in [1.165, 1.54) is 51.6 Å². The van der Waals surface area contributed by atoms with Crippen molar-refractivity contribution in [2.45, 2.75) is 71.8 Å². The summed E-state index contributed by atoms with van der Waals surface area (Å²) in [6, 6.07) is 0. The van der Waals surface area contributed by atoms with Gasteiger partial charge in [0, 0.05) is 12.1 Å². The minimum atomic E-state index is 0.323. The van der Waals surface area contributed by atoms with Crippen LogP contribution >= 0.6 is 0 Å². The van der Waals surface area contributed by atoms with Crippen LogP contribution in [0.15, 0.2) is 0 Å². The summed E-state index contributed by atoms with van der Waals surface area (Å²) in [5.41, 5.74) is 7.12. The Kier molecular flexibility index (Phi) is 4.62. The molecule has 1 aliphatic heterocycles. The fourth-order valence-corrected chi connectivity index (χ4v) is 4.14. The van der Waals surface area contributed by atoms with Crippen LogP contribution in [0.1, 0.15) is 66.2 Å². The van der Waals surface area contributed by atoms with Gasteiger partial charge in [-0.15, -0.1) is 0 Å². The first-order valence-electron chi connectivity index (χ1n) is 8.34. The third-order valence-electron chi connectivity index (χ3n) is 5.97. The molecule has 19 heavy (non-hydrogen) atoms. The third-order valence-corrected chi connectivity index (χ3v) is 5.97. The molecule has 1 saturated carbocycles. The van der Waals surface area contributed by atoms with Crippen molar-refractivity contribution >= 4 is 0 Å². The number of hydrogen-bond donors (Lipinski definition) is 1. The van der Waals surface area contributed by atoms with Gasteiger partial charge in [0.05, 0.1) is 0 Å². The van der Waals surface area contributed by atoms with Crippen LogP contribution in [-0.2, 0) is 0 Å². The second-order valence-electron chi connectivity index (χ2n) is 8.18. The van der Waals surface area contributed by atoms with Crippen molar-refractivity contribution in [1.29, 1.82) is 0 Å². The maximum atomic E-state index is 6.26. The van der Waals surface area contributed by atoms with E-state index in [2.05, 4.69) is 32.6 Å². The van der Waals surface area contributed by atoms with Gasteiger partial charge in [0.15, 0.2) is 0 Å². The van der Waals surface area contributed by atoms with Gasteiger partial charge < -0.3 is 5.73 Å². The van der Waals surface area contributed by atoms with Crippen molar-refractivity contribution in [3.05, 3.63) is 0 Å². The zero-order chi connectivity index (χ0) is 14.1. The van der Waals surface area contributed by atoms with Crippen LogP contribution < -0.4 is 5.73 Å². The molecule has 0 radical (unpaired) electrons. The van der Waals surface area contributed by atoms with Gasteiger partial charge in [-0.3, -0.25) is 4.90 Å². The molecule has 2 N–H and O–H groups in total. The number of hydrogen-bond acceptors (Lipinski definition) is 2. The lowest BCUT2D eigenvalue weighted by molar-refractivity contribution is -0.0110. The maximum Gasteiger partial charge on any atom is 0.0334 e. The Morgan fingerprint density at radius 3 is 2.32 bits per heavy atom. The topological polar surface area (TPSA) is 29.3 Å². The second-order valence-corrected chi connectivity index (χ2v) is 8.18. The van der Waals surface area contributed by atoms with Gasteiger partial charge in [-0.2, -0.15) is 0 Å². The Morgan fingerprint density at radius 1 is 1.16 bits per heavy atom. The van der Waals surface area contributed by atoms with E-state index in [-0.39, 0.29) is 0 Å². The molecule has 1 aliphatic carbocycles. The average Bonchev–Trinajstić information content (AvgIpc) is 2.38. The molecule has 2 rings (SSSR count). The first kappa shape index (κ1) is 15.3. The van der Waals surface area contributed by atoms with E-state index in [0.717, 1.165) is 18.4 Å². The predicted molar refractivity (Wildman–Crippen MR) is 83.2 cm³/mol. The van der Waals surface area contributed by atoms with Crippen LogP contribution in [0.5, 0.6) is 0 Å². The molecule has 112 valence electrons. The molecule has 0 spiro atoms. The fourth-order valence-electron chi connectivity index (χ4n) is 4.14. The highest BCUT2D eigenvalue weighted by Gasteiger charge is 2.42. The lowest BCUT2D eigenvalue weighted by Crippen LogP contribution is -2.59. The molecule has 2 heteroatoms. The Bertz CT molecular complexity index is 288. The van der Waals surface area contributed by atoms with E-state index in [0.29, 0.717) is 11.0 Å². The standard InChI is InChI=1S/C17H34N2/c1-14(2)15-6-5-7-17(12-15,13-18)19-10-8-16(3,4)9-11-19/h14-15H,5-13,18H2,1-4H3. The highest BCUT2D eigenvalue weighted by molar-refractivity contribution is 4.99. The molecule has 0 amide bonds. The van der Waals surface area contributed by atoms with Crippen LogP contribution in [0.25, 0.3) is 0 Å². The monoisotopic (exact) mass is 266 g/mol. The summed E-state index contributed by atoms with van der Waals surface area (Å²) in [4.78, 5) is 2.76. The van der Waals surface area contributed by atoms with Crippen LogP contribution in [0.3, 0.4) is 0 Å². The van der Waals surface area contributed by atoms with Crippen molar-refractivity contribution < 1.29 is 0 Å². The Labute approximate surface area is 120 Å². The van der Waals surface area contributed by atoms with E-state index >= 15 is 0 Å². The molecule has 2 atom stereocenters. The highest BCUT2D eigenvalue weighted by atomic mass is 15.2. The Balaban J connectivity index is 2.05. The SMILES string of the molecule is CC(C)C1CCCC(CN)(N2CCC(C)(C)CC2)C1. The lowest BCUT2D eigenvalue weighted by Gasteiger charge is -2.52. The zero-order valence-electron chi connectivity index (χ0n) is 13.5. The van der Waals surface area contributed by atoms with Crippen molar-refractivity contribution in [3.8, 4) is 0 Å². The van der Waals surface area contributed by atoms with Crippen LogP contribution in [-0.4, -0.2) is 30.1 Å². The minimum Gasteiger partial charge on any atom is -0.329 e. The van der Waals surface area contributed by atoms with Crippen molar-refractivity contribution in [2.75, 3.05) is 19.6 Å². The molecule has 0 aromatic heterocycles.